The van der Waals surface area contributed by atoms with E-state index in [-0.39, 0.29) is 12.6 Å². The van der Waals surface area contributed by atoms with Gasteiger partial charge in [-0.15, -0.1) is 0 Å². The van der Waals surface area contributed by atoms with Gasteiger partial charge in [-0.3, -0.25) is 15.1 Å². The molecule has 6 nitrogen and oxygen atoms in total. The third-order valence-electron chi connectivity index (χ3n) is 3.73. The summed E-state index contributed by atoms with van der Waals surface area (Å²) in [6.07, 6.45) is 5.61. The van der Waals surface area contributed by atoms with Crippen LogP contribution in [-0.4, -0.2) is 47.0 Å². The molecule has 0 amide bonds. The first-order valence-corrected chi connectivity index (χ1v) is 8.33. The van der Waals surface area contributed by atoms with Gasteiger partial charge < -0.3 is 5.32 Å². The second kappa shape index (κ2) is 7.44. The molecule has 1 atom stereocenters. The summed E-state index contributed by atoms with van der Waals surface area (Å²) in [6.45, 7) is 3.33. The van der Waals surface area contributed by atoms with Gasteiger partial charge in [-0.1, -0.05) is 41.4 Å². The van der Waals surface area contributed by atoms with Crippen molar-refractivity contribution >= 4 is 34.8 Å². The lowest BCUT2D eigenvalue weighted by molar-refractivity contribution is -0.126. The zero-order valence-electron chi connectivity index (χ0n) is 13.1. The van der Waals surface area contributed by atoms with E-state index in [1.54, 1.807) is 23.3 Å². The molecule has 0 aromatic heterocycles. The standard InChI is InChI=1S/C16H18Cl2N4O2/c1-11-4-2-5-12(22(11)23)10-24-21-9-8-19-16(21)20-15-13(17)6-3-7-14(15)18/h2-7,11,23H,8-10H2,1H3,(H,19,20). The molecule has 2 aliphatic heterocycles. The van der Waals surface area contributed by atoms with E-state index in [1.807, 2.05) is 25.2 Å². The van der Waals surface area contributed by atoms with Crippen molar-refractivity contribution in [1.29, 1.82) is 0 Å². The number of hydrogen-bond acceptors (Lipinski definition) is 6. The van der Waals surface area contributed by atoms with Crippen molar-refractivity contribution in [3.8, 4) is 0 Å². The fourth-order valence-electron chi connectivity index (χ4n) is 2.39. The smallest absolute Gasteiger partial charge is 0.223 e. The minimum absolute atomic E-state index is 0.0830. The molecule has 8 heteroatoms. The summed E-state index contributed by atoms with van der Waals surface area (Å²) in [5.74, 6) is 0.537. The summed E-state index contributed by atoms with van der Waals surface area (Å²) in [4.78, 5) is 10.1. The van der Waals surface area contributed by atoms with Gasteiger partial charge >= 0.3 is 0 Å². The zero-order chi connectivity index (χ0) is 17.1. The number of anilines is 1. The summed E-state index contributed by atoms with van der Waals surface area (Å²) in [6, 6.07) is 5.20. The molecule has 0 saturated carbocycles. The number of benzene rings is 1. The number of hydrogen-bond donors (Lipinski definition) is 2. The van der Waals surface area contributed by atoms with Gasteiger partial charge in [-0.25, -0.2) is 10.1 Å². The van der Waals surface area contributed by atoms with Gasteiger partial charge in [0.25, 0.3) is 0 Å². The van der Waals surface area contributed by atoms with Gasteiger partial charge in [0.1, 0.15) is 6.61 Å². The van der Waals surface area contributed by atoms with Gasteiger partial charge in [-0.2, -0.15) is 0 Å². The number of nitrogens with one attached hydrogen (secondary N) is 1. The first-order chi connectivity index (χ1) is 11.6. The molecule has 1 aromatic carbocycles. The molecule has 0 fully saturated rings. The Labute approximate surface area is 150 Å². The average Bonchev–Trinajstić information content (AvgIpc) is 3.00. The number of guanidine groups is 1. The van der Waals surface area contributed by atoms with E-state index in [2.05, 4.69) is 10.3 Å². The van der Waals surface area contributed by atoms with Crippen LogP contribution in [0.3, 0.4) is 0 Å². The van der Waals surface area contributed by atoms with Crippen LogP contribution in [0.15, 0.2) is 47.1 Å². The maximum absolute atomic E-state index is 10.0. The topological polar surface area (TPSA) is 60.3 Å². The van der Waals surface area contributed by atoms with Crippen LogP contribution in [0, 0.1) is 0 Å². The normalized spacial score (nSPS) is 20.2. The van der Waals surface area contributed by atoms with Crippen molar-refractivity contribution in [2.45, 2.75) is 13.0 Å². The molecule has 2 aliphatic rings. The Morgan fingerprint density at radius 3 is 2.88 bits per heavy atom. The van der Waals surface area contributed by atoms with Crippen LogP contribution in [0.2, 0.25) is 10.0 Å². The highest BCUT2D eigenvalue weighted by atomic mass is 35.5. The van der Waals surface area contributed by atoms with E-state index < -0.39 is 0 Å². The maximum Gasteiger partial charge on any atom is 0.223 e. The number of allylic oxidation sites excluding steroid dienone is 2. The number of rotatable bonds is 4. The van der Waals surface area contributed by atoms with E-state index in [9.17, 15) is 5.21 Å². The van der Waals surface area contributed by atoms with Crippen LogP contribution in [0.25, 0.3) is 0 Å². The van der Waals surface area contributed by atoms with Crippen LogP contribution in [0.4, 0.5) is 5.69 Å². The van der Waals surface area contributed by atoms with Crippen LogP contribution in [0.1, 0.15) is 6.92 Å². The van der Waals surface area contributed by atoms with Gasteiger partial charge in [0.2, 0.25) is 5.96 Å². The number of halogens is 2. The average molecular weight is 369 g/mol. The lowest BCUT2D eigenvalue weighted by Gasteiger charge is -2.29. The van der Waals surface area contributed by atoms with Crippen molar-refractivity contribution in [1.82, 2.24) is 10.1 Å². The fourth-order valence-corrected chi connectivity index (χ4v) is 2.89. The predicted molar refractivity (Wildman–Crippen MR) is 95.4 cm³/mol. The van der Waals surface area contributed by atoms with E-state index >= 15 is 0 Å². The molecule has 0 radical (unpaired) electrons. The zero-order valence-corrected chi connectivity index (χ0v) is 14.6. The molecule has 0 saturated heterocycles. The second-order valence-corrected chi connectivity index (χ2v) is 6.25. The Hall–Kier alpha value is -1.73. The Kier molecular flexibility index (Phi) is 5.30. The molecule has 2 N–H and O–H groups in total. The van der Waals surface area contributed by atoms with Crippen molar-refractivity contribution < 1.29 is 10.0 Å². The molecule has 0 aliphatic carbocycles. The Morgan fingerprint density at radius 2 is 2.12 bits per heavy atom. The van der Waals surface area contributed by atoms with Crippen LogP contribution >= 0.6 is 23.2 Å². The van der Waals surface area contributed by atoms with E-state index in [1.165, 1.54) is 5.06 Å². The molecule has 1 aromatic rings. The minimum Gasteiger partial charge on any atom is -0.322 e. The largest absolute Gasteiger partial charge is 0.322 e. The van der Waals surface area contributed by atoms with E-state index in [0.717, 1.165) is 0 Å². The SMILES string of the molecule is CC1C=CC=C(CON2CCN=C2Nc2c(Cl)cccc2Cl)N1O. The number of para-hydroxylation sites is 1. The number of nitrogens with zero attached hydrogens (tertiary/aromatic N) is 3. The summed E-state index contributed by atoms with van der Waals surface area (Å²) in [5.41, 5.74) is 1.26. The second-order valence-electron chi connectivity index (χ2n) is 5.43. The Balaban J connectivity index is 1.64. The lowest BCUT2D eigenvalue weighted by atomic mass is 10.2. The fraction of sp³-hybridized carbons (Fsp3) is 0.312. The molecule has 3 rings (SSSR count). The number of aliphatic imine (C=N–C) groups is 1. The molecular weight excluding hydrogens is 351 g/mol. The summed E-state index contributed by atoms with van der Waals surface area (Å²) < 4.78 is 0. The van der Waals surface area contributed by atoms with Crippen LogP contribution in [-0.2, 0) is 4.84 Å². The molecule has 2 heterocycles. The highest BCUT2D eigenvalue weighted by Gasteiger charge is 2.22. The molecule has 1 unspecified atom stereocenters. The third kappa shape index (κ3) is 3.67. The Bertz CT molecular complexity index is 685. The van der Waals surface area contributed by atoms with Crippen molar-refractivity contribution in [2.24, 2.45) is 4.99 Å². The van der Waals surface area contributed by atoms with Crippen LogP contribution < -0.4 is 5.32 Å². The van der Waals surface area contributed by atoms with Gasteiger partial charge in [0.05, 0.1) is 40.6 Å². The summed E-state index contributed by atoms with van der Waals surface area (Å²) in [7, 11) is 0. The maximum atomic E-state index is 10.0. The van der Waals surface area contributed by atoms with Gasteiger partial charge in [0, 0.05) is 0 Å². The van der Waals surface area contributed by atoms with Crippen molar-refractivity contribution in [3.05, 3.63) is 52.2 Å². The van der Waals surface area contributed by atoms with Crippen molar-refractivity contribution in [3.63, 3.8) is 0 Å². The molecule has 0 bridgehead atoms. The third-order valence-corrected chi connectivity index (χ3v) is 4.36. The lowest BCUT2D eigenvalue weighted by Crippen LogP contribution is -2.37. The number of hydroxylamine groups is 4. The molecule has 0 spiro atoms. The minimum atomic E-state index is -0.0830. The monoisotopic (exact) mass is 368 g/mol. The van der Waals surface area contributed by atoms with E-state index in [0.29, 0.717) is 40.5 Å². The summed E-state index contributed by atoms with van der Waals surface area (Å²) >= 11 is 12.3. The van der Waals surface area contributed by atoms with Gasteiger partial charge in [-0.05, 0) is 25.1 Å². The Morgan fingerprint density at radius 1 is 1.38 bits per heavy atom. The van der Waals surface area contributed by atoms with Gasteiger partial charge in [0.15, 0.2) is 0 Å². The first kappa shape index (κ1) is 17.1. The highest BCUT2D eigenvalue weighted by molar-refractivity contribution is 6.39. The van der Waals surface area contributed by atoms with Crippen molar-refractivity contribution in [2.75, 3.05) is 25.0 Å². The van der Waals surface area contributed by atoms with E-state index in [4.69, 9.17) is 28.0 Å². The predicted octanol–water partition coefficient (Wildman–Crippen LogP) is 3.54. The quantitative estimate of drug-likeness (QED) is 0.850. The van der Waals surface area contributed by atoms with Crippen LogP contribution in [0.5, 0.6) is 0 Å². The molecule has 128 valence electrons. The summed E-state index contributed by atoms with van der Waals surface area (Å²) in [5, 5.41) is 17.0. The molecular formula is C16H18Cl2N4O2. The highest BCUT2D eigenvalue weighted by Crippen LogP contribution is 2.30. The first-order valence-electron chi connectivity index (χ1n) is 7.57. The molecule has 24 heavy (non-hydrogen) atoms.